The highest BCUT2D eigenvalue weighted by molar-refractivity contribution is 5.89. The van der Waals surface area contributed by atoms with Gasteiger partial charge in [-0.3, -0.25) is 0 Å². The van der Waals surface area contributed by atoms with Gasteiger partial charge in [-0.15, -0.1) is 0 Å². The predicted octanol–water partition coefficient (Wildman–Crippen LogP) is 1.88. The van der Waals surface area contributed by atoms with E-state index in [-0.39, 0.29) is 5.97 Å². The van der Waals surface area contributed by atoms with Gasteiger partial charge in [0.15, 0.2) is 0 Å². The van der Waals surface area contributed by atoms with Gasteiger partial charge in [-0.05, 0) is 43.9 Å². The summed E-state index contributed by atoms with van der Waals surface area (Å²) in [5, 5.41) is 2.37. The number of esters is 1. The Bertz CT molecular complexity index is 453. The summed E-state index contributed by atoms with van der Waals surface area (Å²) in [5.74, 6) is 0.538. The van der Waals surface area contributed by atoms with Crippen LogP contribution >= 0.6 is 0 Å². The minimum Gasteiger partial charge on any atom is -0.496 e. The lowest BCUT2D eigenvalue weighted by atomic mass is 9.95. The molecule has 1 aromatic rings. The summed E-state index contributed by atoms with van der Waals surface area (Å²) >= 11 is 0. The Kier molecular flexibility index (Phi) is 5.41. The molecule has 2 rings (SSSR count). The SMILES string of the molecule is COC(=O)c1ccc(OC)c(C[NH2+]C2CCCCC2)c1. The van der Waals surface area contributed by atoms with E-state index in [1.807, 2.05) is 12.1 Å². The second-order valence-corrected chi connectivity index (χ2v) is 5.36. The van der Waals surface area contributed by atoms with E-state index in [4.69, 9.17) is 9.47 Å². The quantitative estimate of drug-likeness (QED) is 0.837. The Morgan fingerprint density at radius 1 is 1.25 bits per heavy atom. The topological polar surface area (TPSA) is 52.1 Å². The van der Waals surface area contributed by atoms with Crippen molar-refractivity contribution in [3.8, 4) is 5.75 Å². The first-order chi connectivity index (χ1) is 9.74. The van der Waals surface area contributed by atoms with Crippen LogP contribution < -0.4 is 10.1 Å². The first kappa shape index (κ1) is 14.9. The number of quaternary nitrogens is 1. The zero-order valence-corrected chi connectivity index (χ0v) is 12.4. The predicted molar refractivity (Wildman–Crippen MR) is 76.8 cm³/mol. The maximum atomic E-state index is 11.6. The summed E-state index contributed by atoms with van der Waals surface area (Å²) in [6.45, 7) is 0.846. The molecule has 0 unspecified atom stereocenters. The van der Waals surface area contributed by atoms with E-state index in [1.165, 1.54) is 39.2 Å². The summed E-state index contributed by atoms with van der Waals surface area (Å²) in [5.41, 5.74) is 1.64. The highest BCUT2D eigenvalue weighted by atomic mass is 16.5. The van der Waals surface area contributed by atoms with Crippen molar-refractivity contribution in [3.63, 3.8) is 0 Å². The van der Waals surface area contributed by atoms with Crippen LogP contribution in [0.3, 0.4) is 0 Å². The molecule has 0 aromatic heterocycles. The fourth-order valence-corrected chi connectivity index (χ4v) is 2.85. The Morgan fingerprint density at radius 3 is 2.65 bits per heavy atom. The fourth-order valence-electron chi connectivity index (χ4n) is 2.85. The average molecular weight is 278 g/mol. The molecule has 1 aromatic carbocycles. The second-order valence-electron chi connectivity index (χ2n) is 5.36. The van der Waals surface area contributed by atoms with Crippen LogP contribution in [-0.2, 0) is 11.3 Å². The number of methoxy groups -OCH3 is 2. The van der Waals surface area contributed by atoms with Gasteiger partial charge in [0.05, 0.1) is 25.8 Å². The zero-order chi connectivity index (χ0) is 14.4. The van der Waals surface area contributed by atoms with Crippen LogP contribution in [-0.4, -0.2) is 26.2 Å². The first-order valence-electron chi connectivity index (χ1n) is 7.33. The molecular weight excluding hydrogens is 254 g/mol. The molecule has 0 saturated heterocycles. The number of hydrogen-bond donors (Lipinski definition) is 1. The zero-order valence-electron chi connectivity index (χ0n) is 12.4. The molecule has 0 atom stereocenters. The van der Waals surface area contributed by atoms with Crippen molar-refractivity contribution in [1.29, 1.82) is 0 Å². The van der Waals surface area contributed by atoms with E-state index in [9.17, 15) is 4.79 Å². The molecule has 1 saturated carbocycles. The van der Waals surface area contributed by atoms with Gasteiger partial charge in [0.2, 0.25) is 0 Å². The van der Waals surface area contributed by atoms with Crippen molar-refractivity contribution in [2.45, 2.75) is 44.7 Å². The first-order valence-corrected chi connectivity index (χ1v) is 7.33. The van der Waals surface area contributed by atoms with Gasteiger partial charge in [-0.25, -0.2) is 4.79 Å². The molecule has 1 fully saturated rings. The monoisotopic (exact) mass is 278 g/mol. The van der Waals surface area contributed by atoms with Gasteiger partial charge in [0, 0.05) is 5.56 Å². The number of hydrogen-bond acceptors (Lipinski definition) is 3. The van der Waals surface area contributed by atoms with Crippen LogP contribution in [0.4, 0.5) is 0 Å². The van der Waals surface area contributed by atoms with Gasteiger partial charge in [0.25, 0.3) is 0 Å². The number of carbonyl (C=O) groups is 1. The lowest BCUT2D eigenvalue weighted by Gasteiger charge is -2.20. The molecule has 2 N–H and O–H groups in total. The van der Waals surface area contributed by atoms with Gasteiger partial charge < -0.3 is 14.8 Å². The lowest BCUT2D eigenvalue weighted by molar-refractivity contribution is -0.706. The summed E-state index contributed by atoms with van der Waals surface area (Å²) < 4.78 is 10.2. The number of benzene rings is 1. The molecule has 110 valence electrons. The van der Waals surface area contributed by atoms with Crippen molar-refractivity contribution >= 4 is 5.97 Å². The van der Waals surface area contributed by atoms with Crippen LogP contribution in [0.5, 0.6) is 5.75 Å². The third-order valence-electron chi connectivity index (χ3n) is 4.02. The summed E-state index contributed by atoms with van der Waals surface area (Å²) in [6, 6.07) is 6.17. The summed E-state index contributed by atoms with van der Waals surface area (Å²) in [4.78, 5) is 11.6. The van der Waals surface area contributed by atoms with E-state index >= 15 is 0 Å². The highest BCUT2D eigenvalue weighted by Crippen LogP contribution is 2.20. The Balaban J connectivity index is 2.05. The van der Waals surface area contributed by atoms with E-state index in [1.54, 1.807) is 13.2 Å². The number of carbonyl (C=O) groups excluding carboxylic acids is 1. The number of nitrogens with two attached hydrogens (primary N) is 1. The normalized spacial score (nSPS) is 15.9. The van der Waals surface area contributed by atoms with Crippen molar-refractivity contribution < 1.29 is 19.6 Å². The van der Waals surface area contributed by atoms with Crippen molar-refractivity contribution in [1.82, 2.24) is 0 Å². The maximum Gasteiger partial charge on any atom is 0.337 e. The Morgan fingerprint density at radius 2 is 2.00 bits per heavy atom. The molecule has 4 nitrogen and oxygen atoms in total. The van der Waals surface area contributed by atoms with Gasteiger partial charge in [0.1, 0.15) is 12.3 Å². The molecule has 0 amide bonds. The molecule has 0 spiro atoms. The summed E-state index contributed by atoms with van der Waals surface area (Å²) in [7, 11) is 3.07. The molecule has 4 heteroatoms. The highest BCUT2D eigenvalue weighted by Gasteiger charge is 2.17. The van der Waals surface area contributed by atoms with Crippen molar-refractivity contribution in [3.05, 3.63) is 29.3 Å². The van der Waals surface area contributed by atoms with Crippen molar-refractivity contribution in [2.75, 3.05) is 14.2 Å². The minimum atomic E-state index is -0.299. The molecule has 0 heterocycles. The van der Waals surface area contributed by atoms with Crippen LogP contribution in [0.2, 0.25) is 0 Å². The molecule has 1 aliphatic rings. The largest absolute Gasteiger partial charge is 0.496 e. The molecule has 0 bridgehead atoms. The van der Waals surface area contributed by atoms with Gasteiger partial charge in [-0.1, -0.05) is 6.42 Å². The van der Waals surface area contributed by atoms with Gasteiger partial charge in [-0.2, -0.15) is 0 Å². The third-order valence-corrected chi connectivity index (χ3v) is 4.02. The second kappa shape index (κ2) is 7.29. The minimum absolute atomic E-state index is 0.299. The average Bonchev–Trinajstić information content (AvgIpc) is 2.52. The molecule has 0 aliphatic heterocycles. The number of rotatable bonds is 5. The van der Waals surface area contributed by atoms with E-state index in [0.717, 1.165) is 17.9 Å². The maximum absolute atomic E-state index is 11.6. The lowest BCUT2D eigenvalue weighted by Crippen LogP contribution is -2.88. The smallest absolute Gasteiger partial charge is 0.337 e. The molecule has 1 aliphatic carbocycles. The van der Waals surface area contributed by atoms with Crippen molar-refractivity contribution in [2.24, 2.45) is 0 Å². The van der Waals surface area contributed by atoms with Crippen LogP contribution in [0.15, 0.2) is 18.2 Å². The third kappa shape index (κ3) is 3.73. The van der Waals surface area contributed by atoms with Crippen LogP contribution in [0.1, 0.15) is 48.0 Å². The molecule has 0 radical (unpaired) electrons. The van der Waals surface area contributed by atoms with E-state index in [2.05, 4.69) is 5.32 Å². The molecule has 20 heavy (non-hydrogen) atoms. The van der Waals surface area contributed by atoms with Crippen LogP contribution in [0.25, 0.3) is 0 Å². The Labute approximate surface area is 120 Å². The summed E-state index contributed by atoms with van der Waals surface area (Å²) in [6.07, 6.45) is 6.62. The molecular formula is C16H24NO3+. The number of ether oxygens (including phenoxy) is 2. The standard InChI is InChI=1S/C16H23NO3/c1-19-15-9-8-12(16(18)20-2)10-13(15)11-17-14-6-4-3-5-7-14/h8-10,14,17H,3-7,11H2,1-2H3/p+1. The Hall–Kier alpha value is -1.55. The van der Waals surface area contributed by atoms with E-state index in [0.29, 0.717) is 11.6 Å². The van der Waals surface area contributed by atoms with Crippen LogP contribution in [0, 0.1) is 0 Å². The van der Waals surface area contributed by atoms with Gasteiger partial charge >= 0.3 is 5.97 Å². The fraction of sp³-hybridized carbons (Fsp3) is 0.562. The van der Waals surface area contributed by atoms with E-state index < -0.39 is 0 Å².